The minimum atomic E-state index is 0.134. The molecule has 1 aliphatic carbocycles. The second kappa shape index (κ2) is 6.30. The first kappa shape index (κ1) is 14.1. The molecule has 1 fully saturated rings. The molecule has 1 aliphatic rings. The molecule has 2 aromatic rings. The largest absolute Gasteiger partial charge is 0.395 e. The molecular weight excluding hydrogens is 266 g/mol. The molecule has 0 radical (unpaired) electrons. The molecule has 0 atom stereocenters. The second-order valence-electron chi connectivity index (χ2n) is 5.57. The third kappa shape index (κ3) is 2.81. The fraction of sp³-hybridized carbons (Fsp3) is 0.600. The Labute approximate surface area is 124 Å². The summed E-state index contributed by atoms with van der Waals surface area (Å²) < 4.78 is 1.99. The van der Waals surface area contributed by atoms with Crippen LogP contribution in [0.15, 0.2) is 18.6 Å². The normalized spacial score (nSPS) is 16.3. The second-order valence-corrected chi connectivity index (χ2v) is 5.57. The van der Waals surface area contributed by atoms with E-state index in [4.69, 9.17) is 4.98 Å². The highest BCUT2D eigenvalue weighted by Crippen LogP contribution is 2.29. The zero-order chi connectivity index (χ0) is 14.7. The lowest BCUT2D eigenvalue weighted by Gasteiger charge is -2.35. The fourth-order valence-electron chi connectivity index (χ4n) is 3.19. The Kier molecular flexibility index (Phi) is 4.24. The van der Waals surface area contributed by atoms with Gasteiger partial charge in [0.05, 0.1) is 12.8 Å². The Balaban J connectivity index is 2.02. The van der Waals surface area contributed by atoms with E-state index < -0.39 is 0 Å². The monoisotopic (exact) mass is 289 g/mol. The molecule has 2 heterocycles. The smallest absolute Gasteiger partial charge is 0.180 e. The highest BCUT2D eigenvalue weighted by atomic mass is 16.3. The Bertz CT molecular complexity index is 591. The summed E-state index contributed by atoms with van der Waals surface area (Å²) in [4.78, 5) is 11.4. The zero-order valence-electron chi connectivity index (χ0n) is 12.5. The summed E-state index contributed by atoms with van der Waals surface area (Å²) in [5, 5.41) is 12.6. The van der Waals surface area contributed by atoms with Gasteiger partial charge >= 0.3 is 0 Å². The zero-order valence-corrected chi connectivity index (χ0v) is 12.5. The van der Waals surface area contributed by atoms with E-state index in [1.165, 1.54) is 32.1 Å². The van der Waals surface area contributed by atoms with E-state index in [0.29, 0.717) is 12.6 Å². The molecule has 0 saturated heterocycles. The van der Waals surface area contributed by atoms with Crippen LogP contribution in [-0.2, 0) is 0 Å². The van der Waals surface area contributed by atoms with Crippen molar-refractivity contribution in [1.29, 1.82) is 0 Å². The van der Waals surface area contributed by atoms with Crippen LogP contribution in [0.4, 0.5) is 11.6 Å². The molecule has 21 heavy (non-hydrogen) atoms. The molecule has 114 valence electrons. The lowest BCUT2D eigenvalue weighted by atomic mass is 9.94. The number of rotatable bonds is 5. The molecular formula is C15H23N5O. The van der Waals surface area contributed by atoms with Crippen molar-refractivity contribution in [2.45, 2.75) is 38.1 Å². The molecule has 6 nitrogen and oxygen atoms in total. The van der Waals surface area contributed by atoms with Gasteiger partial charge in [0.15, 0.2) is 11.5 Å². The lowest BCUT2D eigenvalue weighted by molar-refractivity contribution is 0.289. The van der Waals surface area contributed by atoms with Gasteiger partial charge in [0, 0.05) is 32.0 Å². The van der Waals surface area contributed by atoms with Crippen LogP contribution in [0.2, 0.25) is 0 Å². The van der Waals surface area contributed by atoms with Gasteiger partial charge in [0.2, 0.25) is 0 Å². The van der Waals surface area contributed by atoms with Crippen LogP contribution < -0.4 is 10.2 Å². The van der Waals surface area contributed by atoms with Gasteiger partial charge in [-0.25, -0.2) is 9.97 Å². The first-order chi connectivity index (χ1) is 10.3. The van der Waals surface area contributed by atoms with Gasteiger partial charge in [-0.3, -0.25) is 0 Å². The minimum absolute atomic E-state index is 0.134. The first-order valence-electron chi connectivity index (χ1n) is 7.72. The van der Waals surface area contributed by atoms with Crippen molar-refractivity contribution in [2.75, 3.05) is 30.4 Å². The van der Waals surface area contributed by atoms with Gasteiger partial charge in [-0.2, -0.15) is 0 Å². The van der Waals surface area contributed by atoms with Crippen LogP contribution in [0.1, 0.15) is 32.1 Å². The summed E-state index contributed by atoms with van der Waals surface area (Å²) >= 11 is 0. The maximum Gasteiger partial charge on any atom is 0.180 e. The Morgan fingerprint density at radius 1 is 1.38 bits per heavy atom. The first-order valence-corrected chi connectivity index (χ1v) is 7.72. The van der Waals surface area contributed by atoms with E-state index in [9.17, 15) is 5.11 Å². The Hall–Kier alpha value is -1.82. The summed E-state index contributed by atoms with van der Waals surface area (Å²) in [5.74, 6) is 1.68. The summed E-state index contributed by atoms with van der Waals surface area (Å²) in [6.07, 6.45) is 11.8. The van der Waals surface area contributed by atoms with E-state index in [1.54, 1.807) is 6.20 Å². The van der Waals surface area contributed by atoms with Crippen molar-refractivity contribution in [3.8, 4) is 0 Å². The average Bonchev–Trinajstić information content (AvgIpc) is 3.01. The van der Waals surface area contributed by atoms with E-state index in [1.807, 2.05) is 23.8 Å². The summed E-state index contributed by atoms with van der Waals surface area (Å²) in [6.45, 7) is 0.738. The average molecular weight is 289 g/mol. The molecule has 0 aromatic carbocycles. The van der Waals surface area contributed by atoms with Crippen molar-refractivity contribution in [3.05, 3.63) is 18.6 Å². The SMILES string of the molecule is CNc1cn2ccnc2c(N(CCO)C2CCCCC2)n1. The van der Waals surface area contributed by atoms with Crippen LogP contribution in [0.5, 0.6) is 0 Å². The van der Waals surface area contributed by atoms with Crippen molar-refractivity contribution >= 4 is 17.3 Å². The van der Waals surface area contributed by atoms with Crippen molar-refractivity contribution in [2.24, 2.45) is 0 Å². The number of nitrogens with one attached hydrogen (secondary N) is 1. The molecule has 0 spiro atoms. The standard InChI is InChI=1S/C15H23N5O/c1-16-13-11-19-8-7-17-14(19)15(18-13)20(9-10-21)12-5-3-2-4-6-12/h7-8,11-12,16,21H,2-6,9-10H2,1H3. The summed E-state index contributed by atoms with van der Waals surface area (Å²) in [7, 11) is 1.87. The number of imidazole rings is 1. The van der Waals surface area contributed by atoms with Crippen LogP contribution in [-0.4, -0.2) is 45.7 Å². The van der Waals surface area contributed by atoms with Gasteiger partial charge < -0.3 is 19.7 Å². The van der Waals surface area contributed by atoms with E-state index in [-0.39, 0.29) is 6.61 Å². The summed E-state index contributed by atoms with van der Waals surface area (Å²) in [6, 6.07) is 0.450. The molecule has 0 amide bonds. The molecule has 0 aliphatic heterocycles. The third-order valence-electron chi connectivity index (χ3n) is 4.24. The van der Waals surface area contributed by atoms with Crippen LogP contribution in [0.25, 0.3) is 5.65 Å². The lowest BCUT2D eigenvalue weighted by Crippen LogP contribution is -2.39. The molecule has 0 unspecified atom stereocenters. The molecule has 2 N–H and O–H groups in total. The van der Waals surface area contributed by atoms with Gasteiger partial charge in [0.25, 0.3) is 0 Å². The molecule has 2 aromatic heterocycles. The molecule has 0 bridgehead atoms. The third-order valence-corrected chi connectivity index (χ3v) is 4.24. The highest BCUT2D eigenvalue weighted by Gasteiger charge is 2.24. The van der Waals surface area contributed by atoms with E-state index in [0.717, 1.165) is 17.3 Å². The number of aliphatic hydroxyl groups is 1. The quantitative estimate of drug-likeness (QED) is 0.880. The van der Waals surface area contributed by atoms with Crippen LogP contribution in [0, 0.1) is 0 Å². The molecule has 1 saturated carbocycles. The number of nitrogens with zero attached hydrogens (tertiary/aromatic N) is 4. The predicted molar refractivity (Wildman–Crippen MR) is 83.8 cm³/mol. The van der Waals surface area contributed by atoms with Crippen molar-refractivity contribution in [3.63, 3.8) is 0 Å². The topological polar surface area (TPSA) is 65.7 Å². The van der Waals surface area contributed by atoms with Crippen LogP contribution in [0.3, 0.4) is 0 Å². The number of fused-ring (bicyclic) bond motifs is 1. The predicted octanol–water partition coefficient (Wildman–Crippen LogP) is 1.90. The number of aromatic nitrogens is 3. The number of anilines is 2. The van der Waals surface area contributed by atoms with Gasteiger partial charge in [-0.15, -0.1) is 0 Å². The van der Waals surface area contributed by atoms with Gasteiger partial charge in [0.1, 0.15) is 5.82 Å². The Morgan fingerprint density at radius 3 is 2.90 bits per heavy atom. The number of hydrogen-bond donors (Lipinski definition) is 2. The number of aliphatic hydroxyl groups excluding tert-OH is 1. The van der Waals surface area contributed by atoms with Crippen LogP contribution >= 0.6 is 0 Å². The molecule has 3 rings (SSSR count). The summed E-state index contributed by atoms with van der Waals surface area (Å²) in [5.41, 5.74) is 0.855. The Morgan fingerprint density at radius 2 is 2.19 bits per heavy atom. The van der Waals surface area contributed by atoms with E-state index >= 15 is 0 Å². The fourth-order valence-corrected chi connectivity index (χ4v) is 3.19. The van der Waals surface area contributed by atoms with Crippen molar-refractivity contribution < 1.29 is 5.11 Å². The van der Waals surface area contributed by atoms with Gasteiger partial charge in [-0.1, -0.05) is 19.3 Å². The van der Waals surface area contributed by atoms with Crippen molar-refractivity contribution in [1.82, 2.24) is 14.4 Å². The molecule has 6 heteroatoms. The maximum atomic E-state index is 9.47. The van der Waals surface area contributed by atoms with Gasteiger partial charge in [-0.05, 0) is 12.8 Å². The highest BCUT2D eigenvalue weighted by molar-refractivity contribution is 5.67. The number of hydrogen-bond acceptors (Lipinski definition) is 5. The minimum Gasteiger partial charge on any atom is -0.395 e. The van der Waals surface area contributed by atoms with E-state index in [2.05, 4.69) is 15.2 Å². The maximum absolute atomic E-state index is 9.47.